The summed E-state index contributed by atoms with van der Waals surface area (Å²) in [6, 6.07) is 6.90. The summed E-state index contributed by atoms with van der Waals surface area (Å²) < 4.78 is 1.33. The van der Waals surface area contributed by atoms with Crippen LogP contribution in [0.4, 0.5) is 0 Å². The lowest BCUT2D eigenvalue weighted by Crippen LogP contribution is -2.21. The zero-order valence-corrected chi connectivity index (χ0v) is 14.1. The number of aryl methyl sites for hydroxylation is 3. The van der Waals surface area contributed by atoms with Crippen LogP contribution in [0.15, 0.2) is 34.2 Å². The van der Waals surface area contributed by atoms with E-state index in [0.29, 0.717) is 11.4 Å². The van der Waals surface area contributed by atoms with Crippen molar-refractivity contribution in [3.8, 4) is 5.75 Å². The number of nitrogens with zero attached hydrogens (tertiary/aromatic N) is 3. The number of fused-ring (bicyclic) bond motifs is 3. The van der Waals surface area contributed by atoms with Gasteiger partial charge in [0.1, 0.15) is 16.4 Å². The van der Waals surface area contributed by atoms with E-state index >= 15 is 0 Å². The molecular weight excluding hydrogens is 322 g/mol. The van der Waals surface area contributed by atoms with Crippen LogP contribution in [-0.2, 0) is 12.8 Å². The lowest BCUT2D eigenvalue weighted by Gasteiger charge is -2.10. The smallest absolute Gasteiger partial charge is 0.283 e. The van der Waals surface area contributed by atoms with Gasteiger partial charge >= 0.3 is 0 Å². The van der Waals surface area contributed by atoms with Crippen molar-refractivity contribution in [2.75, 3.05) is 0 Å². The van der Waals surface area contributed by atoms with Crippen molar-refractivity contribution < 1.29 is 5.11 Å². The van der Waals surface area contributed by atoms with E-state index in [4.69, 9.17) is 0 Å². The maximum Gasteiger partial charge on any atom is 0.283 e. The molecule has 0 saturated heterocycles. The first-order valence-electron chi connectivity index (χ1n) is 8.01. The molecule has 1 aliphatic carbocycles. The van der Waals surface area contributed by atoms with Gasteiger partial charge < -0.3 is 5.11 Å². The Morgan fingerprint density at radius 1 is 1.29 bits per heavy atom. The van der Waals surface area contributed by atoms with Crippen molar-refractivity contribution in [3.63, 3.8) is 0 Å². The largest absolute Gasteiger partial charge is 0.507 e. The fraction of sp³-hybridized carbons (Fsp3) is 0.278. The summed E-state index contributed by atoms with van der Waals surface area (Å²) in [6.45, 7) is 1.78. The van der Waals surface area contributed by atoms with Crippen molar-refractivity contribution in [1.82, 2.24) is 9.66 Å². The predicted octanol–water partition coefficient (Wildman–Crippen LogP) is 3.23. The van der Waals surface area contributed by atoms with Crippen molar-refractivity contribution in [3.05, 3.63) is 56.4 Å². The zero-order chi connectivity index (χ0) is 16.7. The van der Waals surface area contributed by atoms with E-state index in [1.165, 1.54) is 22.2 Å². The van der Waals surface area contributed by atoms with Crippen molar-refractivity contribution in [1.29, 1.82) is 0 Å². The molecule has 0 radical (unpaired) electrons. The van der Waals surface area contributed by atoms with E-state index in [1.54, 1.807) is 36.5 Å². The van der Waals surface area contributed by atoms with Crippen LogP contribution >= 0.6 is 11.3 Å². The van der Waals surface area contributed by atoms with Gasteiger partial charge in [0.25, 0.3) is 5.56 Å². The number of phenolic OH excluding ortho intramolecular Hbond substituents is 1. The zero-order valence-electron chi connectivity index (χ0n) is 13.3. The molecule has 6 heteroatoms. The Bertz CT molecular complexity index is 1020. The number of benzene rings is 1. The molecule has 5 nitrogen and oxygen atoms in total. The van der Waals surface area contributed by atoms with Gasteiger partial charge in [-0.1, -0.05) is 12.1 Å². The molecule has 2 aromatic heterocycles. The summed E-state index contributed by atoms with van der Waals surface area (Å²) in [7, 11) is 0. The first kappa shape index (κ1) is 15.1. The van der Waals surface area contributed by atoms with Gasteiger partial charge in [0, 0.05) is 10.4 Å². The number of thiophene rings is 1. The third-order valence-corrected chi connectivity index (χ3v) is 5.56. The molecule has 0 amide bonds. The SMILES string of the molecule is Cc1nc2sc3c(c2c(=O)n1/N=C\c1ccccc1O)CCCC3. The van der Waals surface area contributed by atoms with Gasteiger partial charge in [-0.2, -0.15) is 9.78 Å². The molecule has 0 spiro atoms. The Hall–Kier alpha value is -2.47. The van der Waals surface area contributed by atoms with Crippen molar-refractivity contribution in [2.24, 2.45) is 5.10 Å². The first-order valence-corrected chi connectivity index (χ1v) is 8.83. The summed E-state index contributed by atoms with van der Waals surface area (Å²) in [5, 5.41) is 14.8. The van der Waals surface area contributed by atoms with Gasteiger partial charge in [-0.25, -0.2) is 4.98 Å². The minimum atomic E-state index is -0.122. The quantitative estimate of drug-likeness (QED) is 0.729. The number of aromatic hydroxyl groups is 1. The number of hydrogen-bond acceptors (Lipinski definition) is 5. The standard InChI is InChI=1S/C18H17N3O2S/c1-11-20-17-16(13-7-3-5-9-15(13)24-17)18(23)21(11)19-10-12-6-2-4-8-14(12)22/h2,4,6,8,10,22H,3,5,7,9H2,1H3/b19-10-. The van der Waals surface area contributed by atoms with E-state index in [9.17, 15) is 9.90 Å². The molecule has 1 aliphatic rings. The van der Waals surface area contributed by atoms with Crippen LogP contribution in [-0.4, -0.2) is 21.0 Å². The molecule has 4 rings (SSSR count). The third-order valence-electron chi connectivity index (χ3n) is 4.38. The monoisotopic (exact) mass is 339 g/mol. The number of aromatic nitrogens is 2. The molecule has 0 atom stereocenters. The second kappa shape index (κ2) is 5.87. The van der Waals surface area contributed by atoms with Gasteiger partial charge in [0.05, 0.1) is 11.6 Å². The Labute approximate surface area is 142 Å². The Morgan fingerprint density at radius 3 is 2.92 bits per heavy atom. The first-order chi connectivity index (χ1) is 11.6. The van der Waals surface area contributed by atoms with E-state index in [1.807, 2.05) is 6.07 Å². The highest BCUT2D eigenvalue weighted by molar-refractivity contribution is 7.18. The van der Waals surface area contributed by atoms with Crippen LogP contribution in [0.1, 0.15) is 34.7 Å². The van der Waals surface area contributed by atoms with Crippen LogP contribution in [0.2, 0.25) is 0 Å². The molecule has 3 aromatic rings. The summed E-state index contributed by atoms with van der Waals surface area (Å²) >= 11 is 1.64. The average molecular weight is 339 g/mol. The lowest BCUT2D eigenvalue weighted by atomic mass is 9.97. The van der Waals surface area contributed by atoms with Crippen LogP contribution in [0.5, 0.6) is 5.75 Å². The minimum Gasteiger partial charge on any atom is -0.507 e. The summed E-state index contributed by atoms with van der Waals surface area (Å²) in [6.07, 6.45) is 5.77. The highest BCUT2D eigenvalue weighted by atomic mass is 32.1. The molecule has 2 heterocycles. The van der Waals surface area contributed by atoms with E-state index < -0.39 is 0 Å². The molecule has 24 heavy (non-hydrogen) atoms. The Kier molecular flexibility index (Phi) is 3.69. The fourth-order valence-corrected chi connectivity index (χ4v) is 4.45. The van der Waals surface area contributed by atoms with Gasteiger partial charge in [-0.05, 0) is 50.3 Å². The van der Waals surface area contributed by atoms with E-state index in [0.717, 1.165) is 35.0 Å². The summed E-state index contributed by atoms with van der Waals surface area (Å²) in [4.78, 5) is 19.6. The molecule has 0 fully saturated rings. The second-order valence-corrected chi connectivity index (χ2v) is 7.05. The van der Waals surface area contributed by atoms with Crippen molar-refractivity contribution in [2.45, 2.75) is 32.6 Å². The molecule has 0 aliphatic heterocycles. The molecule has 1 aromatic carbocycles. The highest BCUT2D eigenvalue weighted by Crippen LogP contribution is 2.33. The molecule has 0 bridgehead atoms. The number of rotatable bonds is 2. The second-order valence-electron chi connectivity index (χ2n) is 5.97. The van der Waals surface area contributed by atoms with E-state index in [-0.39, 0.29) is 11.3 Å². The molecule has 0 unspecified atom stereocenters. The Balaban J connectivity index is 1.87. The van der Waals surface area contributed by atoms with Crippen LogP contribution in [0, 0.1) is 6.92 Å². The molecule has 122 valence electrons. The maximum atomic E-state index is 12.9. The third kappa shape index (κ3) is 2.43. The molecular formula is C18H17N3O2S. The van der Waals surface area contributed by atoms with Crippen LogP contribution in [0.3, 0.4) is 0 Å². The van der Waals surface area contributed by atoms with E-state index in [2.05, 4.69) is 10.1 Å². The Morgan fingerprint density at radius 2 is 2.08 bits per heavy atom. The molecule has 0 saturated carbocycles. The van der Waals surface area contributed by atoms with Crippen LogP contribution < -0.4 is 5.56 Å². The number of hydrogen-bond donors (Lipinski definition) is 1. The highest BCUT2D eigenvalue weighted by Gasteiger charge is 2.21. The minimum absolute atomic E-state index is 0.122. The van der Waals surface area contributed by atoms with Gasteiger partial charge in [-0.3, -0.25) is 4.79 Å². The van der Waals surface area contributed by atoms with Gasteiger partial charge in [0.2, 0.25) is 0 Å². The normalized spacial score (nSPS) is 14.4. The summed E-state index contributed by atoms with van der Waals surface area (Å²) in [5.74, 6) is 0.687. The van der Waals surface area contributed by atoms with Gasteiger partial charge in [-0.15, -0.1) is 11.3 Å². The number of phenols is 1. The topological polar surface area (TPSA) is 67.5 Å². The van der Waals surface area contributed by atoms with Crippen LogP contribution in [0.25, 0.3) is 10.2 Å². The predicted molar refractivity (Wildman–Crippen MR) is 96.4 cm³/mol. The maximum absolute atomic E-state index is 12.9. The molecule has 1 N–H and O–H groups in total. The summed E-state index contributed by atoms with van der Waals surface area (Å²) in [5.41, 5.74) is 1.60. The lowest BCUT2D eigenvalue weighted by molar-refractivity contribution is 0.474. The fourth-order valence-electron chi connectivity index (χ4n) is 3.15. The number of para-hydroxylation sites is 1. The van der Waals surface area contributed by atoms with Crippen molar-refractivity contribution >= 4 is 27.8 Å². The van der Waals surface area contributed by atoms with Gasteiger partial charge in [0.15, 0.2) is 0 Å². The average Bonchev–Trinajstić information content (AvgIpc) is 2.94.